The van der Waals surface area contributed by atoms with E-state index in [1.54, 1.807) is 69.4 Å². The Kier molecular flexibility index (Phi) is 9.74. The number of methoxy groups -OCH3 is 3. The summed E-state index contributed by atoms with van der Waals surface area (Å²) in [7, 11) is 0.798. The van der Waals surface area contributed by atoms with Gasteiger partial charge in [0.15, 0.2) is 11.5 Å². The maximum atomic E-state index is 13.9. The number of ether oxygens (including phenoxy) is 4. The highest BCUT2D eigenvalue weighted by Gasteiger charge is 2.34. The highest BCUT2D eigenvalue weighted by atomic mass is 32.2. The first-order valence-electron chi connectivity index (χ1n) is 13.7. The fraction of sp³-hybridized carbons (Fsp3) is 0.355. The zero-order valence-electron chi connectivity index (χ0n) is 24.5. The number of hydrogen-bond donors (Lipinski definition) is 0. The number of benzene rings is 3. The molecule has 0 aromatic heterocycles. The molecule has 3 aromatic carbocycles. The zero-order valence-corrected chi connectivity index (χ0v) is 25.3. The lowest BCUT2D eigenvalue weighted by molar-refractivity contribution is 0.0582. The molecule has 1 atom stereocenters. The molecule has 1 amide bonds. The van der Waals surface area contributed by atoms with Crippen molar-refractivity contribution in [2.24, 2.45) is 0 Å². The molecule has 42 heavy (non-hydrogen) atoms. The molecule has 4 rings (SSSR count). The summed E-state index contributed by atoms with van der Waals surface area (Å²) in [6.45, 7) is 4.82. The zero-order chi connectivity index (χ0) is 30.4. The van der Waals surface area contributed by atoms with Crippen LogP contribution in [0.25, 0.3) is 0 Å². The number of carbonyl (C=O) groups excluding carboxylic acids is 2. The Bertz CT molecular complexity index is 1520. The van der Waals surface area contributed by atoms with E-state index in [9.17, 15) is 18.0 Å². The number of nitrogens with zero attached hydrogens (tertiary/aromatic N) is 2. The summed E-state index contributed by atoms with van der Waals surface area (Å²) in [5, 5.41) is 0. The molecule has 0 radical (unpaired) electrons. The number of sulfonamides is 1. The van der Waals surface area contributed by atoms with Gasteiger partial charge in [0, 0.05) is 25.2 Å². The Morgan fingerprint density at radius 2 is 1.48 bits per heavy atom. The van der Waals surface area contributed by atoms with Crippen LogP contribution in [0, 0.1) is 0 Å². The van der Waals surface area contributed by atoms with Crippen molar-refractivity contribution < 1.29 is 37.0 Å². The van der Waals surface area contributed by atoms with E-state index >= 15 is 0 Å². The average Bonchev–Trinajstić information content (AvgIpc) is 3.02. The summed E-state index contributed by atoms with van der Waals surface area (Å²) in [5.41, 5.74) is 2.63. The van der Waals surface area contributed by atoms with E-state index in [-0.39, 0.29) is 17.4 Å². The molecular formula is C31H36N2O8S. The van der Waals surface area contributed by atoms with Crippen molar-refractivity contribution in [1.82, 2.24) is 9.21 Å². The molecular weight excluding hydrogens is 560 g/mol. The maximum absolute atomic E-state index is 13.9. The van der Waals surface area contributed by atoms with Crippen LogP contribution in [-0.2, 0) is 21.2 Å². The highest BCUT2D eigenvalue weighted by Crippen LogP contribution is 2.39. The van der Waals surface area contributed by atoms with Crippen molar-refractivity contribution in [2.75, 3.05) is 47.6 Å². The van der Waals surface area contributed by atoms with Crippen LogP contribution >= 0.6 is 0 Å². The number of rotatable bonds is 11. The minimum Gasteiger partial charge on any atom is -0.493 e. The molecule has 224 valence electrons. The first kappa shape index (κ1) is 30.9. The van der Waals surface area contributed by atoms with Gasteiger partial charge in [-0.15, -0.1) is 0 Å². The van der Waals surface area contributed by atoms with Gasteiger partial charge in [-0.1, -0.05) is 13.8 Å². The molecule has 11 heteroatoms. The van der Waals surface area contributed by atoms with Gasteiger partial charge in [0.2, 0.25) is 10.0 Å². The predicted molar refractivity (Wildman–Crippen MR) is 157 cm³/mol. The second-order valence-corrected chi connectivity index (χ2v) is 11.5. The standard InChI is InChI=1S/C31H36N2O8S/c1-6-32(7-2)42(36,37)25-14-10-21(11-15-25)30(34)33-17-16-23-18-28(38-3)29(39-4)19-26(23)27(33)20-41-24-12-8-22(9-13-24)31(35)40-5/h8-15,18-19,27H,6-7,16-17,20H2,1-5H3/t27-/m1/s1. The van der Waals surface area contributed by atoms with Gasteiger partial charge >= 0.3 is 5.97 Å². The smallest absolute Gasteiger partial charge is 0.337 e. The fourth-order valence-electron chi connectivity index (χ4n) is 5.08. The second-order valence-electron chi connectivity index (χ2n) is 9.61. The quantitative estimate of drug-likeness (QED) is 0.301. The first-order chi connectivity index (χ1) is 20.2. The third kappa shape index (κ3) is 6.22. The van der Waals surface area contributed by atoms with Crippen LogP contribution < -0.4 is 14.2 Å². The third-order valence-corrected chi connectivity index (χ3v) is 9.46. The second kappa shape index (κ2) is 13.3. The summed E-state index contributed by atoms with van der Waals surface area (Å²) in [6.07, 6.45) is 0.584. The van der Waals surface area contributed by atoms with Crippen LogP contribution in [-0.4, -0.2) is 77.1 Å². The summed E-state index contributed by atoms with van der Waals surface area (Å²) >= 11 is 0. The van der Waals surface area contributed by atoms with Crippen LogP contribution in [0.15, 0.2) is 65.6 Å². The predicted octanol–water partition coefficient (Wildman–Crippen LogP) is 4.34. The number of carbonyl (C=O) groups is 2. The van der Waals surface area contributed by atoms with Crippen LogP contribution in [0.5, 0.6) is 17.2 Å². The Balaban J connectivity index is 1.65. The Hall–Kier alpha value is -4.09. The molecule has 0 bridgehead atoms. The maximum Gasteiger partial charge on any atom is 0.337 e. The summed E-state index contributed by atoms with van der Waals surface area (Å²) in [5.74, 6) is 0.949. The van der Waals surface area contributed by atoms with E-state index in [0.717, 1.165) is 11.1 Å². The Morgan fingerprint density at radius 1 is 0.881 bits per heavy atom. The molecule has 0 aliphatic carbocycles. The summed E-state index contributed by atoms with van der Waals surface area (Å²) in [6, 6.07) is 15.9. The summed E-state index contributed by atoms with van der Waals surface area (Å²) < 4.78 is 49.2. The molecule has 1 aliphatic rings. The first-order valence-corrected chi connectivity index (χ1v) is 15.1. The normalized spacial score (nSPS) is 14.7. The van der Waals surface area contributed by atoms with Gasteiger partial charge in [0.05, 0.1) is 37.8 Å². The number of hydrogen-bond acceptors (Lipinski definition) is 8. The van der Waals surface area contributed by atoms with Crippen LogP contribution in [0.3, 0.4) is 0 Å². The molecule has 0 fully saturated rings. The highest BCUT2D eigenvalue weighted by molar-refractivity contribution is 7.89. The molecule has 0 unspecified atom stereocenters. The Morgan fingerprint density at radius 3 is 2.05 bits per heavy atom. The molecule has 0 spiro atoms. The minimum atomic E-state index is -3.65. The lowest BCUT2D eigenvalue weighted by atomic mass is 9.91. The van der Waals surface area contributed by atoms with E-state index in [4.69, 9.17) is 18.9 Å². The van der Waals surface area contributed by atoms with Crippen molar-refractivity contribution >= 4 is 21.9 Å². The molecule has 3 aromatic rings. The summed E-state index contributed by atoms with van der Waals surface area (Å²) in [4.78, 5) is 27.5. The molecule has 1 heterocycles. The minimum absolute atomic E-state index is 0.125. The van der Waals surface area contributed by atoms with Crippen molar-refractivity contribution in [3.8, 4) is 17.2 Å². The third-order valence-electron chi connectivity index (χ3n) is 7.39. The van der Waals surface area contributed by atoms with E-state index in [1.165, 1.54) is 23.5 Å². The van der Waals surface area contributed by atoms with E-state index in [2.05, 4.69) is 0 Å². The van der Waals surface area contributed by atoms with E-state index in [1.807, 2.05) is 12.1 Å². The van der Waals surface area contributed by atoms with Crippen LogP contribution in [0.1, 0.15) is 51.7 Å². The number of esters is 1. The number of amides is 1. The molecule has 1 aliphatic heterocycles. The molecule has 0 N–H and O–H groups in total. The van der Waals surface area contributed by atoms with Gasteiger partial charge in [0.1, 0.15) is 12.4 Å². The van der Waals surface area contributed by atoms with Gasteiger partial charge in [0.25, 0.3) is 5.91 Å². The van der Waals surface area contributed by atoms with Crippen LogP contribution in [0.4, 0.5) is 0 Å². The van der Waals surface area contributed by atoms with Gasteiger partial charge in [-0.25, -0.2) is 13.2 Å². The SMILES string of the molecule is CCN(CC)S(=O)(=O)c1ccc(C(=O)N2CCc3cc(OC)c(OC)cc3[C@H]2COc2ccc(C(=O)OC)cc2)cc1. The molecule has 0 saturated carbocycles. The average molecular weight is 597 g/mol. The van der Waals surface area contributed by atoms with Crippen LogP contribution in [0.2, 0.25) is 0 Å². The fourth-order valence-corrected chi connectivity index (χ4v) is 6.54. The van der Waals surface area contributed by atoms with E-state index < -0.39 is 22.0 Å². The van der Waals surface area contributed by atoms with Crippen molar-refractivity contribution in [2.45, 2.75) is 31.2 Å². The number of fused-ring (bicyclic) bond motifs is 1. The van der Waals surface area contributed by atoms with Crippen molar-refractivity contribution in [3.63, 3.8) is 0 Å². The van der Waals surface area contributed by atoms with Crippen molar-refractivity contribution in [1.29, 1.82) is 0 Å². The molecule has 0 saturated heterocycles. The van der Waals surface area contributed by atoms with E-state index in [0.29, 0.717) is 54.4 Å². The lowest BCUT2D eigenvalue weighted by Gasteiger charge is -2.37. The van der Waals surface area contributed by atoms with Gasteiger partial charge in [-0.2, -0.15) is 4.31 Å². The van der Waals surface area contributed by atoms with Gasteiger partial charge in [-0.05, 0) is 78.2 Å². The Labute approximate surface area is 246 Å². The van der Waals surface area contributed by atoms with Gasteiger partial charge in [-0.3, -0.25) is 4.79 Å². The van der Waals surface area contributed by atoms with Gasteiger partial charge < -0.3 is 23.8 Å². The topological polar surface area (TPSA) is 112 Å². The van der Waals surface area contributed by atoms with Crippen molar-refractivity contribution in [3.05, 3.63) is 82.9 Å². The lowest BCUT2D eigenvalue weighted by Crippen LogP contribution is -2.42. The monoisotopic (exact) mass is 596 g/mol. The molecule has 10 nitrogen and oxygen atoms in total. The largest absolute Gasteiger partial charge is 0.493 e.